The fraction of sp³-hybridized carbons (Fsp3) is 0. The van der Waals surface area contributed by atoms with Crippen molar-refractivity contribution in [3.8, 4) is 0 Å². The Kier molecular flexibility index (Phi) is 1.69. The highest BCUT2D eigenvalue weighted by Gasteiger charge is 2.34. The van der Waals surface area contributed by atoms with Crippen LogP contribution in [-0.4, -0.2) is 11.7 Å². The number of ketones is 1. The van der Waals surface area contributed by atoms with Crippen LogP contribution in [0.3, 0.4) is 0 Å². The molecular formula is C8H3BrFNO2. The maximum Gasteiger partial charge on any atom is 0.309 e. The third-order valence-corrected chi connectivity index (χ3v) is 2.49. The van der Waals surface area contributed by atoms with Gasteiger partial charge < -0.3 is 0 Å². The Morgan fingerprint density at radius 3 is 2.69 bits per heavy atom. The van der Waals surface area contributed by atoms with E-state index < -0.39 is 17.5 Å². The number of benzene rings is 1. The molecule has 1 amide bonds. The molecule has 5 heteroatoms. The van der Waals surface area contributed by atoms with Crippen LogP contribution in [0.1, 0.15) is 10.4 Å². The second-order valence-electron chi connectivity index (χ2n) is 2.58. The zero-order valence-corrected chi connectivity index (χ0v) is 7.84. The van der Waals surface area contributed by atoms with Gasteiger partial charge in [0.1, 0.15) is 5.82 Å². The minimum atomic E-state index is -0.694. The number of rotatable bonds is 0. The minimum Gasteiger partial charge on any atom is -0.283 e. The molecule has 0 radical (unpaired) electrons. The Morgan fingerprint density at radius 1 is 1.31 bits per heavy atom. The molecule has 0 bridgehead atoms. The van der Waals surface area contributed by atoms with Gasteiger partial charge in [0.05, 0.1) is 27.4 Å². The van der Waals surface area contributed by atoms with Crippen molar-refractivity contribution in [3.05, 3.63) is 29.6 Å². The first-order chi connectivity index (χ1) is 6.11. The van der Waals surface area contributed by atoms with E-state index in [1.54, 1.807) is 0 Å². The standard InChI is InChI=1S/C8H3BrFNO2/c9-11-6-3-4(10)1-2-5(6)7(12)8(11)13/h1-3H. The quantitative estimate of drug-likeness (QED) is 0.514. The van der Waals surface area contributed by atoms with Gasteiger partial charge in [-0.15, -0.1) is 0 Å². The lowest BCUT2D eigenvalue weighted by molar-refractivity contribution is -0.113. The summed E-state index contributed by atoms with van der Waals surface area (Å²) in [5.74, 6) is -1.79. The van der Waals surface area contributed by atoms with Crippen LogP contribution >= 0.6 is 16.1 Å². The summed E-state index contributed by atoms with van der Waals surface area (Å²) in [5, 5.41) is 0. The summed E-state index contributed by atoms with van der Waals surface area (Å²) in [6.45, 7) is 0. The fourth-order valence-corrected chi connectivity index (χ4v) is 1.63. The first-order valence-corrected chi connectivity index (χ1v) is 4.16. The molecule has 2 rings (SSSR count). The number of carbonyl (C=O) groups excluding carboxylic acids is 2. The van der Waals surface area contributed by atoms with Crippen molar-refractivity contribution in [1.29, 1.82) is 0 Å². The van der Waals surface area contributed by atoms with E-state index in [0.717, 1.165) is 16.1 Å². The Balaban J connectivity index is 2.67. The van der Waals surface area contributed by atoms with E-state index in [0.29, 0.717) is 0 Å². The summed E-state index contributed by atoms with van der Waals surface area (Å²) in [6.07, 6.45) is 0. The van der Waals surface area contributed by atoms with Crippen molar-refractivity contribution in [2.75, 3.05) is 3.93 Å². The molecule has 66 valence electrons. The average molecular weight is 244 g/mol. The first kappa shape index (κ1) is 8.37. The number of carbonyl (C=O) groups is 2. The smallest absolute Gasteiger partial charge is 0.283 e. The third kappa shape index (κ3) is 1.07. The zero-order chi connectivity index (χ0) is 9.59. The van der Waals surface area contributed by atoms with Crippen molar-refractivity contribution in [3.63, 3.8) is 0 Å². The zero-order valence-electron chi connectivity index (χ0n) is 6.25. The molecule has 1 aliphatic heterocycles. The largest absolute Gasteiger partial charge is 0.309 e. The summed E-state index contributed by atoms with van der Waals surface area (Å²) in [6, 6.07) is 3.58. The molecule has 0 spiro atoms. The summed E-state index contributed by atoms with van der Waals surface area (Å²) in [7, 11) is 0. The van der Waals surface area contributed by atoms with Crippen LogP contribution in [-0.2, 0) is 4.79 Å². The monoisotopic (exact) mass is 243 g/mol. The molecule has 13 heavy (non-hydrogen) atoms. The highest BCUT2D eigenvalue weighted by Crippen LogP contribution is 2.31. The van der Waals surface area contributed by atoms with E-state index in [1.165, 1.54) is 6.07 Å². The number of amides is 1. The van der Waals surface area contributed by atoms with Crippen LogP contribution in [0.4, 0.5) is 10.1 Å². The molecular weight excluding hydrogens is 241 g/mol. The van der Waals surface area contributed by atoms with Crippen LogP contribution < -0.4 is 3.93 Å². The molecule has 0 fully saturated rings. The van der Waals surface area contributed by atoms with Crippen molar-refractivity contribution in [1.82, 2.24) is 0 Å². The number of nitrogens with zero attached hydrogens (tertiary/aromatic N) is 1. The van der Waals surface area contributed by atoms with Crippen LogP contribution in [0.5, 0.6) is 0 Å². The molecule has 1 heterocycles. The number of hydrogen-bond acceptors (Lipinski definition) is 2. The molecule has 1 aromatic carbocycles. The minimum absolute atomic E-state index is 0.225. The second-order valence-corrected chi connectivity index (χ2v) is 3.29. The molecule has 0 unspecified atom stereocenters. The lowest BCUT2D eigenvalue weighted by Gasteiger charge is -2.04. The van der Waals surface area contributed by atoms with Crippen molar-refractivity contribution in [2.45, 2.75) is 0 Å². The number of anilines is 1. The van der Waals surface area contributed by atoms with Gasteiger partial charge in [-0.05, 0) is 18.2 Å². The fourth-order valence-electron chi connectivity index (χ4n) is 1.17. The van der Waals surface area contributed by atoms with E-state index >= 15 is 0 Å². The number of fused-ring (bicyclic) bond motifs is 1. The van der Waals surface area contributed by atoms with Crippen LogP contribution in [0.25, 0.3) is 0 Å². The molecule has 3 nitrogen and oxygen atoms in total. The predicted octanol–water partition coefficient (Wildman–Crippen LogP) is 1.66. The first-order valence-electron chi connectivity index (χ1n) is 3.45. The Bertz CT molecular complexity index is 419. The van der Waals surface area contributed by atoms with E-state index in [-0.39, 0.29) is 11.3 Å². The molecule has 0 aromatic heterocycles. The molecule has 0 saturated heterocycles. The van der Waals surface area contributed by atoms with Gasteiger partial charge in [-0.2, -0.15) is 0 Å². The summed E-state index contributed by atoms with van der Waals surface area (Å²) >= 11 is 2.87. The van der Waals surface area contributed by atoms with Gasteiger partial charge in [0.2, 0.25) is 0 Å². The Morgan fingerprint density at radius 2 is 2.00 bits per heavy atom. The van der Waals surface area contributed by atoms with Gasteiger partial charge >= 0.3 is 5.91 Å². The van der Waals surface area contributed by atoms with Crippen LogP contribution in [0.15, 0.2) is 18.2 Å². The number of hydrogen-bond donors (Lipinski definition) is 0. The van der Waals surface area contributed by atoms with Crippen molar-refractivity contribution >= 4 is 33.5 Å². The highest BCUT2D eigenvalue weighted by molar-refractivity contribution is 9.10. The van der Waals surface area contributed by atoms with Gasteiger partial charge in [-0.3, -0.25) is 9.59 Å². The SMILES string of the molecule is O=C1C(=O)N(Br)c2cc(F)ccc21. The Hall–Kier alpha value is -1.23. The predicted molar refractivity (Wildman–Crippen MR) is 47.1 cm³/mol. The molecule has 1 aliphatic rings. The summed E-state index contributed by atoms with van der Waals surface area (Å²) in [4.78, 5) is 22.3. The number of halogens is 2. The molecule has 0 aliphatic carbocycles. The lowest BCUT2D eigenvalue weighted by Crippen LogP contribution is -2.19. The summed E-state index contributed by atoms with van der Waals surface area (Å²) < 4.78 is 13.7. The second kappa shape index (κ2) is 2.63. The van der Waals surface area contributed by atoms with Crippen molar-refractivity contribution in [2.24, 2.45) is 0 Å². The number of Topliss-reactive ketones (excluding diaryl/α,β-unsaturated/α-hetero) is 1. The van der Waals surface area contributed by atoms with E-state index in [9.17, 15) is 14.0 Å². The van der Waals surface area contributed by atoms with E-state index in [2.05, 4.69) is 16.1 Å². The van der Waals surface area contributed by atoms with Crippen molar-refractivity contribution < 1.29 is 14.0 Å². The maximum absolute atomic E-state index is 12.7. The molecule has 0 atom stereocenters. The third-order valence-electron chi connectivity index (χ3n) is 1.79. The highest BCUT2D eigenvalue weighted by atomic mass is 79.9. The Labute approximate surface area is 81.5 Å². The van der Waals surface area contributed by atoms with Gasteiger partial charge in [0, 0.05) is 0 Å². The normalized spacial score (nSPS) is 15.1. The molecule has 0 saturated carbocycles. The van der Waals surface area contributed by atoms with E-state index in [4.69, 9.17) is 0 Å². The maximum atomic E-state index is 12.7. The van der Waals surface area contributed by atoms with Crippen LogP contribution in [0.2, 0.25) is 0 Å². The summed E-state index contributed by atoms with van der Waals surface area (Å²) in [5.41, 5.74) is 0.485. The van der Waals surface area contributed by atoms with Gasteiger partial charge in [-0.1, -0.05) is 0 Å². The topological polar surface area (TPSA) is 37.4 Å². The lowest BCUT2D eigenvalue weighted by atomic mass is 10.1. The molecule has 0 N–H and O–H groups in total. The van der Waals surface area contributed by atoms with Gasteiger partial charge in [-0.25, -0.2) is 8.32 Å². The average Bonchev–Trinajstić information content (AvgIpc) is 2.32. The van der Waals surface area contributed by atoms with Gasteiger partial charge in [0.15, 0.2) is 0 Å². The van der Waals surface area contributed by atoms with Gasteiger partial charge in [0.25, 0.3) is 5.78 Å². The van der Waals surface area contributed by atoms with Crippen LogP contribution in [0, 0.1) is 5.82 Å². The molecule has 1 aromatic rings. The van der Waals surface area contributed by atoms with E-state index in [1.807, 2.05) is 0 Å².